The Morgan fingerprint density at radius 3 is 2.58 bits per heavy atom. The molecule has 2 atom stereocenters. The number of nitrogens with one attached hydrogen (secondary N) is 1. The van der Waals surface area contributed by atoms with E-state index >= 15 is 0 Å². The monoisotopic (exact) mass is 268 g/mol. The van der Waals surface area contributed by atoms with Crippen LogP contribution in [0.25, 0.3) is 0 Å². The predicted octanol–water partition coefficient (Wildman–Crippen LogP) is 1.75. The van der Waals surface area contributed by atoms with Gasteiger partial charge in [-0.05, 0) is 38.9 Å². The van der Waals surface area contributed by atoms with E-state index in [-0.39, 0.29) is 5.79 Å². The van der Waals surface area contributed by atoms with Gasteiger partial charge in [0.1, 0.15) is 0 Å². The molecule has 0 amide bonds. The number of rotatable bonds is 3. The van der Waals surface area contributed by atoms with Gasteiger partial charge in [-0.15, -0.1) is 0 Å². The maximum Gasteiger partial charge on any atom is 0.170 e. The molecule has 1 spiro atoms. The molecule has 0 bridgehead atoms. The van der Waals surface area contributed by atoms with E-state index in [1.54, 1.807) is 0 Å². The Hall–Kier alpha value is -0.160. The Labute approximate surface area is 116 Å². The zero-order chi connectivity index (χ0) is 13.1. The Morgan fingerprint density at radius 2 is 1.89 bits per heavy atom. The molecule has 2 aliphatic heterocycles. The molecule has 4 heteroatoms. The molecule has 0 aromatic carbocycles. The van der Waals surface area contributed by atoms with Crippen LogP contribution in [0.3, 0.4) is 0 Å². The molecule has 2 unspecified atom stereocenters. The Kier molecular flexibility index (Phi) is 4.42. The molecule has 3 fully saturated rings. The van der Waals surface area contributed by atoms with Crippen molar-refractivity contribution >= 4 is 0 Å². The fourth-order valence-corrected chi connectivity index (χ4v) is 4.02. The zero-order valence-electron chi connectivity index (χ0n) is 12.2. The first-order chi connectivity index (χ1) is 9.33. The molecule has 110 valence electrons. The number of ether oxygens (including phenoxy) is 2. The van der Waals surface area contributed by atoms with E-state index in [0.29, 0.717) is 12.1 Å². The van der Waals surface area contributed by atoms with Crippen LogP contribution < -0.4 is 5.32 Å². The molecule has 4 nitrogen and oxygen atoms in total. The second kappa shape index (κ2) is 6.08. The third kappa shape index (κ3) is 2.97. The van der Waals surface area contributed by atoms with Crippen LogP contribution in [0, 0.1) is 0 Å². The van der Waals surface area contributed by atoms with E-state index in [4.69, 9.17) is 9.47 Å². The highest BCUT2D eigenvalue weighted by molar-refractivity contribution is 4.96. The van der Waals surface area contributed by atoms with E-state index < -0.39 is 0 Å². The van der Waals surface area contributed by atoms with Crippen molar-refractivity contribution in [3.63, 3.8) is 0 Å². The van der Waals surface area contributed by atoms with Crippen molar-refractivity contribution in [1.82, 2.24) is 10.2 Å². The van der Waals surface area contributed by atoms with Gasteiger partial charge < -0.3 is 14.8 Å². The SMILES string of the molecule is CCNC1CCC2(CC1N1CCCCC1)OCCO2. The van der Waals surface area contributed by atoms with Gasteiger partial charge in [0, 0.05) is 24.9 Å². The van der Waals surface area contributed by atoms with Gasteiger partial charge in [-0.3, -0.25) is 4.90 Å². The number of hydrogen-bond donors (Lipinski definition) is 1. The molecule has 19 heavy (non-hydrogen) atoms. The lowest BCUT2D eigenvalue weighted by molar-refractivity contribution is -0.194. The molecular weight excluding hydrogens is 240 g/mol. The number of piperidine rings is 1. The highest BCUT2D eigenvalue weighted by atomic mass is 16.7. The maximum atomic E-state index is 5.95. The summed E-state index contributed by atoms with van der Waals surface area (Å²) in [4.78, 5) is 2.68. The van der Waals surface area contributed by atoms with Crippen molar-refractivity contribution in [2.75, 3.05) is 32.8 Å². The molecule has 2 heterocycles. The first-order valence-corrected chi connectivity index (χ1v) is 8.08. The van der Waals surface area contributed by atoms with Crippen LogP contribution in [0.2, 0.25) is 0 Å². The van der Waals surface area contributed by atoms with Gasteiger partial charge in [0.15, 0.2) is 5.79 Å². The summed E-state index contributed by atoms with van der Waals surface area (Å²) in [5.74, 6) is -0.256. The minimum Gasteiger partial charge on any atom is -0.347 e. The van der Waals surface area contributed by atoms with Gasteiger partial charge in [-0.25, -0.2) is 0 Å². The fraction of sp³-hybridized carbons (Fsp3) is 1.00. The van der Waals surface area contributed by atoms with Crippen molar-refractivity contribution < 1.29 is 9.47 Å². The minimum atomic E-state index is -0.256. The smallest absolute Gasteiger partial charge is 0.170 e. The van der Waals surface area contributed by atoms with Crippen molar-refractivity contribution in [2.45, 2.75) is 63.3 Å². The minimum absolute atomic E-state index is 0.256. The first kappa shape index (κ1) is 13.8. The topological polar surface area (TPSA) is 33.7 Å². The second-order valence-corrected chi connectivity index (χ2v) is 6.18. The lowest BCUT2D eigenvalue weighted by atomic mass is 9.83. The van der Waals surface area contributed by atoms with Crippen molar-refractivity contribution in [1.29, 1.82) is 0 Å². The van der Waals surface area contributed by atoms with Gasteiger partial charge >= 0.3 is 0 Å². The normalized spacial score (nSPS) is 35.8. The quantitative estimate of drug-likeness (QED) is 0.845. The van der Waals surface area contributed by atoms with Gasteiger partial charge in [0.2, 0.25) is 0 Å². The van der Waals surface area contributed by atoms with Crippen LogP contribution in [-0.4, -0.2) is 55.6 Å². The Balaban J connectivity index is 1.69. The standard InChI is InChI=1S/C15H28N2O2/c1-2-16-13-6-7-15(18-10-11-19-15)12-14(13)17-8-4-3-5-9-17/h13-14,16H,2-12H2,1H3. The van der Waals surface area contributed by atoms with Gasteiger partial charge in [-0.2, -0.15) is 0 Å². The number of likely N-dealkylation sites (tertiary alicyclic amines) is 1. The molecule has 1 aliphatic carbocycles. The highest BCUT2D eigenvalue weighted by Gasteiger charge is 2.46. The first-order valence-electron chi connectivity index (χ1n) is 8.08. The molecule has 0 aromatic heterocycles. The third-order valence-electron chi connectivity index (χ3n) is 4.96. The highest BCUT2D eigenvalue weighted by Crippen LogP contribution is 2.38. The average Bonchev–Trinajstić information content (AvgIpc) is 2.91. The van der Waals surface area contributed by atoms with Crippen LogP contribution >= 0.6 is 0 Å². The molecule has 1 N–H and O–H groups in total. The van der Waals surface area contributed by atoms with Crippen molar-refractivity contribution in [3.8, 4) is 0 Å². The van der Waals surface area contributed by atoms with Crippen LogP contribution in [0.15, 0.2) is 0 Å². The van der Waals surface area contributed by atoms with Crippen LogP contribution in [0.4, 0.5) is 0 Å². The Bertz CT molecular complexity index is 281. The summed E-state index contributed by atoms with van der Waals surface area (Å²) < 4.78 is 11.9. The fourth-order valence-electron chi connectivity index (χ4n) is 4.02. The summed E-state index contributed by atoms with van der Waals surface area (Å²) in [5, 5.41) is 3.69. The molecule has 0 radical (unpaired) electrons. The largest absolute Gasteiger partial charge is 0.347 e. The van der Waals surface area contributed by atoms with Crippen LogP contribution in [0.5, 0.6) is 0 Å². The summed E-state index contributed by atoms with van der Waals surface area (Å²) in [5.41, 5.74) is 0. The summed E-state index contributed by atoms with van der Waals surface area (Å²) in [6.45, 7) is 7.33. The Morgan fingerprint density at radius 1 is 1.16 bits per heavy atom. The zero-order valence-corrected chi connectivity index (χ0v) is 12.2. The summed E-state index contributed by atoms with van der Waals surface area (Å²) in [7, 11) is 0. The lowest BCUT2D eigenvalue weighted by Crippen LogP contribution is -2.58. The van der Waals surface area contributed by atoms with Gasteiger partial charge in [0.25, 0.3) is 0 Å². The predicted molar refractivity (Wildman–Crippen MR) is 75.2 cm³/mol. The second-order valence-electron chi connectivity index (χ2n) is 6.18. The van der Waals surface area contributed by atoms with E-state index in [1.807, 2.05) is 0 Å². The van der Waals surface area contributed by atoms with Crippen molar-refractivity contribution in [3.05, 3.63) is 0 Å². The number of likely N-dealkylation sites (N-methyl/N-ethyl adjacent to an activating group) is 1. The number of nitrogens with zero attached hydrogens (tertiary/aromatic N) is 1. The van der Waals surface area contributed by atoms with E-state index in [1.165, 1.54) is 38.8 Å². The number of hydrogen-bond acceptors (Lipinski definition) is 4. The molecule has 3 rings (SSSR count). The third-order valence-corrected chi connectivity index (χ3v) is 4.96. The van der Waals surface area contributed by atoms with Crippen LogP contribution in [0.1, 0.15) is 45.4 Å². The average molecular weight is 268 g/mol. The summed E-state index contributed by atoms with van der Waals surface area (Å²) in [6, 6.07) is 1.20. The van der Waals surface area contributed by atoms with Crippen molar-refractivity contribution in [2.24, 2.45) is 0 Å². The lowest BCUT2D eigenvalue weighted by Gasteiger charge is -2.47. The molecule has 3 aliphatic rings. The van der Waals surface area contributed by atoms with Gasteiger partial charge in [-0.1, -0.05) is 13.3 Å². The van der Waals surface area contributed by atoms with Crippen LogP contribution in [-0.2, 0) is 9.47 Å². The van der Waals surface area contributed by atoms with Gasteiger partial charge in [0.05, 0.1) is 13.2 Å². The van der Waals surface area contributed by atoms with E-state index in [0.717, 1.165) is 32.6 Å². The summed E-state index contributed by atoms with van der Waals surface area (Å²) >= 11 is 0. The molecule has 2 saturated heterocycles. The van der Waals surface area contributed by atoms with E-state index in [2.05, 4.69) is 17.1 Å². The summed E-state index contributed by atoms with van der Waals surface area (Å²) in [6.07, 6.45) is 7.37. The molecule has 1 saturated carbocycles. The van der Waals surface area contributed by atoms with E-state index in [9.17, 15) is 0 Å². The maximum absolute atomic E-state index is 5.95. The molecular formula is C15H28N2O2. The molecule has 0 aromatic rings.